The van der Waals surface area contributed by atoms with E-state index in [1.807, 2.05) is 31.2 Å². The van der Waals surface area contributed by atoms with Crippen LogP contribution in [0.4, 0.5) is 0 Å². The van der Waals surface area contributed by atoms with E-state index in [1.54, 1.807) is 25.3 Å². The summed E-state index contributed by atoms with van der Waals surface area (Å²) in [6, 6.07) is 13.0. The van der Waals surface area contributed by atoms with Crippen LogP contribution in [0.5, 0.6) is 11.5 Å². The van der Waals surface area contributed by atoms with E-state index in [9.17, 15) is 4.79 Å². The highest BCUT2D eigenvalue weighted by Crippen LogP contribution is 2.23. The lowest BCUT2D eigenvalue weighted by Crippen LogP contribution is -2.04. The molecule has 0 heterocycles. The van der Waals surface area contributed by atoms with E-state index in [0.29, 0.717) is 17.9 Å². The van der Waals surface area contributed by atoms with Crippen LogP contribution < -0.4 is 9.47 Å². The zero-order valence-electron chi connectivity index (χ0n) is 12.4. The molecule has 2 rings (SSSR count). The predicted octanol–water partition coefficient (Wildman–Crippen LogP) is 3.37. The molecular weight excluding hydrogens is 268 g/mol. The summed E-state index contributed by atoms with van der Waals surface area (Å²) in [4.78, 5) is 11.5. The first-order valence-corrected chi connectivity index (χ1v) is 6.58. The van der Waals surface area contributed by atoms with Crippen molar-refractivity contribution in [3.8, 4) is 11.5 Å². The maximum atomic E-state index is 11.5. The summed E-state index contributed by atoms with van der Waals surface area (Å²) in [5.41, 5.74) is 2.50. The highest BCUT2D eigenvalue weighted by molar-refractivity contribution is 5.89. The smallest absolute Gasteiger partial charge is 0.337 e. The SMILES string of the molecule is COC(=O)c1ccc(COc2ccc(C)cc2)c(OC)c1. The Labute approximate surface area is 124 Å². The molecule has 0 amide bonds. The lowest BCUT2D eigenvalue weighted by Gasteiger charge is -2.11. The standard InChI is InChI=1S/C17H18O4/c1-12-4-8-15(9-5-12)21-11-14-7-6-13(17(18)20-3)10-16(14)19-2/h4-10H,11H2,1-3H3. The maximum absolute atomic E-state index is 11.5. The minimum absolute atomic E-state index is 0.369. The van der Waals surface area contributed by atoms with E-state index < -0.39 is 0 Å². The molecule has 0 saturated carbocycles. The van der Waals surface area contributed by atoms with Gasteiger partial charge in [-0.05, 0) is 31.2 Å². The first-order chi connectivity index (χ1) is 10.1. The van der Waals surface area contributed by atoms with Gasteiger partial charge >= 0.3 is 5.97 Å². The molecule has 0 radical (unpaired) electrons. The van der Waals surface area contributed by atoms with Gasteiger partial charge in [0, 0.05) is 5.56 Å². The number of methoxy groups -OCH3 is 2. The van der Waals surface area contributed by atoms with E-state index in [2.05, 4.69) is 0 Å². The Balaban J connectivity index is 2.12. The molecule has 0 saturated heterocycles. The summed E-state index contributed by atoms with van der Waals surface area (Å²) in [6.45, 7) is 2.39. The Morgan fingerprint density at radius 3 is 2.38 bits per heavy atom. The summed E-state index contributed by atoms with van der Waals surface area (Å²) >= 11 is 0. The quantitative estimate of drug-likeness (QED) is 0.790. The van der Waals surface area contributed by atoms with Crippen molar-refractivity contribution in [1.29, 1.82) is 0 Å². The Morgan fingerprint density at radius 1 is 1.05 bits per heavy atom. The zero-order chi connectivity index (χ0) is 15.2. The second kappa shape index (κ2) is 6.79. The molecular formula is C17H18O4. The highest BCUT2D eigenvalue weighted by atomic mass is 16.5. The number of carbonyl (C=O) groups is 1. The summed E-state index contributed by atoms with van der Waals surface area (Å²) in [5.74, 6) is 1.00. The Bertz CT molecular complexity index is 617. The van der Waals surface area contributed by atoms with E-state index in [0.717, 1.165) is 11.3 Å². The normalized spacial score (nSPS) is 10.0. The second-order valence-electron chi connectivity index (χ2n) is 4.62. The topological polar surface area (TPSA) is 44.8 Å². The van der Waals surface area contributed by atoms with E-state index in [-0.39, 0.29) is 5.97 Å². The fourth-order valence-electron chi connectivity index (χ4n) is 1.90. The maximum Gasteiger partial charge on any atom is 0.337 e. The molecule has 21 heavy (non-hydrogen) atoms. The average Bonchev–Trinajstić information content (AvgIpc) is 2.53. The summed E-state index contributed by atoms with van der Waals surface area (Å²) < 4.78 is 15.7. The Hall–Kier alpha value is -2.49. The van der Waals surface area contributed by atoms with E-state index >= 15 is 0 Å². The van der Waals surface area contributed by atoms with Gasteiger partial charge < -0.3 is 14.2 Å². The van der Waals surface area contributed by atoms with Gasteiger partial charge in [-0.3, -0.25) is 0 Å². The molecule has 0 N–H and O–H groups in total. The van der Waals surface area contributed by atoms with Gasteiger partial charge in [0.25, 0.3) is 0 Å². The number of hydrogen-bond acceptors (Lipinski definition) is 4. The van der Waals surface area contributed by atoms with Crippen molar-refractivity contribution in [2.24, 2.45) is 0 Å². The molecule has 0 aliphatic heterocycles. The van der Waals surface area contributed by atoms with Crippen molar-refractivity contribution in [3.63, 3.8) is 0 Å². The molecule has 4 heteroatoms. The fourth-order valence-corrected chi connectivity index (χ4v) is 1.90. The molecule has 2 aromatic carbocycles. The van der Waals surface area contributed by atoms with Crippen LogP contribution >= 0.6 is 0 Å². The molecule has 110 valence electrons. The fraction of sp³-hybridized carbons (Fsp3) is 0.235. The molecule has 0 atom stereocenters. The van der Waals surface area contributed by atoms with Crippen LogP contribution in [-0.4, -0.2) is 20.2 Å². The molecule has 0 fully saturated rings. The van der Waals surface area contributed by atoms with Crippen LogP contribution in [0.15, 0.2) is 42.5 Å². The number of ether oxygens (including phenoxy) is 3. The number of hydrogen-bond donors (Lipinski definition) is 0. The molecule has 2 aromatic rings. The number of rotatable bonds is 5. The van der Waals surface area contributed by atoms with Crippen molar-refractivity contribution in [2.45, 2.75) is 13.5 Å². The average molecular weight is 286 g/mol. The minimum atomic E-state index is -0.390. The van der Waals surface area contributed by atoms with Crippen LogP contribution in [-0.2, 0) is 11.3 Å². The molecule has 0 aromatic heterocycles. The number of esters is 1. The summed E-state index contributed by atoms with van der Waals surface area (Å²) in [6.07, 6.45) is 0. The highest BCUT2D eigenvalue weighted by Gasteiger charge is 2.10. The first-order valence-electron chi connectivity index (χ1n) is 6.58. The monoisotopic (exact) mass is 286 g/mol. The second-order valence-corrected chi connectivity index (χ2v) is 4.62. The number of carbonyl (C=O) groups excluding carboxylic acids is 1. The zero-order valence-corrected chi connectivity index (χ0v) is 12.4. The summed E-state index contributed by atoms with van der Waals surface area (Å²) in [7, 11) is 2.91. The lowest BCUT2D eigenvalue weighted by atomic mass is 10.1. The van der Waals surface area contributed by atoms with Crippen LogP contribution in [0, 0.1) is 6.92 Å². The van der Waals surface area contributed by atoms with Crippen molar-refractivity contribution in [3.05, 3.63) is 59.2 Å². The largest absolute Gasteiger partial charge is 0.496 e. The third-order valence-electron chi connectivity index (χ3n) is 3.12. The van der Waals surface area contributed by atoms with E-state index in [4.69, 9.17) is 14.2 Å². The van der Waals surface area contributed by atoms with Gasteiger partial charge in [0.05, 0.1) is 19.8 Å². The first kappa shape index (κ1) is 14.9. The molecule has 0 aliphatic rings. The van der Waals surface area contributed by atoms with Crippen molar-refractivity contribution >= 4 is 5.97 Å². The van der Waals surface area contributed by atoms with Gasteiger partial charge in [0.1, 0.15) is 18.1 Å². The Morgan fingerprint density at radius 2 is 1.76 bits per heavy atom. The third-order valence-corrected chi connectivity index (χ3v) is 3.12. The number of benzene rings is 2. The molecule has 0 bridgehead atoms. The number of aryl methyl sites for hydroxylation is 1. The van der Waals surface area contributed by atoms with Crippen LogP contribution in [0.2, 0.25) is 0 Å². The third kappa shape index (κ3) is 3.75. The van der Waals surface area contributed by atoms with Crippen molar-refractivity contribution < 1.29 is 19.0 Å². The van der Waals surface area contributed by atoms with Crippen LogP contribution in [0.3, 0.4) is 0 Å². The van der Waals surface area contributed by atoms with Crippen molar-refractivity contribution in [2.75, 3.05) is 14.2 Å². The molecule has 0 aliphatic carbocycles. The van der Waals surface area contributed by atoms with Gasteiger partial charge in [-0.25, -0.2) is 4.79 Å². The van der Waals surface area contributed by atoms with Gasteiger partial charge in [0.2, 0.25) is 0 Å². The van der Waals surface area contributed by atoms with Crippen LogP contribution in [0.25, 0.3) is 0 Å². The molecule has 0 spiro atoms. The van der Waals surface area contributed by atoms with E-state index in [1.165, 1.54) is 12.7 Å². The Kier molecular flexibility index (Phi) is 4.82. The predicted molar refractivity (Wildman–Crippen MR) is 79.8 cm³/mol. The van der Waals surface area contributed by atoms with Gasteiger partial charge in [-0.15, -0.1) is 0 Å². The van der Waals surface area contributed by atoms with Crippen molar-refractivity contribution in [1.82, 2.24) is 0 Å². The van der Waals surface area contributed by atoms with Gasteiger partial charge in [-0.2, -0.15) is 0 Å². The van der Waals surface area contributed by atoms with Gasteiger partial charge in [-0.1, -0.05) is 23.8 Å². The molecule has 4 nitrogen and oxygen atoms in total. The minimum Gasteiger partial charge on any atom is -0.496 e. The van der Waals surface area contributed by atoms with Gasteiger partial charge in [0.15, 0.2) is 0 Å². The van der Waals surface area contributed by atoms with Crippen LogP contribution in [0.1, 0.15) is 21.5 Å². The summed E-state index contributed by atoms with van der Waals surface area (Å²) in [5, 5.41) is 0. The molecule has 0 unspecified atom stereocenters. The lowest BCUT2D eigenvalue weighted by molar-refractivity contribution is 0.0600.